The molecule has 0 aromatic rings. The first-order chi connectivity index (χ1) is 4.79. The van der Waals surface area contributed by atoms with Gasteiger partial charge in [-0.1, -0.05) is 19.1 Å². The smallest absolute Gasteiger partial charge is 0.136 e. The van der Waals surface area contributed by atoms with E-state index < -0.39 is 0 Å². The summed E-state index contributed by atoms with van der Waals surface area (Å²) in [6.45, 7) is 2.07. The molecule has 0 N–H and O–H groups in total. The molecular formula is C9H12O. The number of hydrogen-bond acceptors (Lipinski definition) is 1. The summed E-state index contributed by atoms with van der Waals surface area (Å²) in [6.07, 6.45) is 6.38. The lowest BCUT2D eigenvalue weighted by Crippen LogP contribution is -2.09. The first-order valence-electron chi connectivity index (χ1n) is 3.98. The van der Waals surface area contributed by atoms with Gasteiger partial charge in [-0.05, 0) is 18.3 Å². The Hall–Kier alpha value is -0.590. The first kappa shape index (κ1) is 6.14. The molecule has 0 spiro atoms. The molecule has 2 rings (SSSR count). The molecule has 54 valence electrons. The van der Waals surface area contributed by atoms with Crippen molar-refractivity contribution in [2.45, 2.75) is 19.8 Å². The molecule has 3 unspecified atom stereocenters. The third kappa shape index (κ3) is 0.664. The molecule has 1 fully saturated rings. The van der Waals surface area contributed by atoms with Crippen LogP contribution in [-0.2, 0) is 4.79 Å². The average Bonchev–Trinajstić information content (AvgIpc) is 2.41. The standard InChI is InChI=1S/C9H12O/c1-6-8-4-2-3-7(8)5-9(6)10/h2-3,6-8H,4-5H2,1H3. The zero-order valence-electron chi connectivity index (χ0n) is 6.21. The van der Waals surface area contributed by atoms with Gasteiger partial charge in [0, 0.05) is 12.3 Å². The van der Waals surface area contributed by atoms with Gasteiger partial charge >= 0.3 is 0 Å². The van der Waals surface area contributed by atoms with Crippen molar-refractivity contribution < 1.29 is 4.79 Å². The zero-order chi connectivity index (χ0) is 7.14. The van der Waals surface area contributed by atoms with Crippen molar-refractivity contribution >= 4 is 5.78 Å². The van der Waals surface area contributed by atoms with Crippen LogP contribution in [0.2, 0.25) is 0 Å². The van der Waals surface area contributed by atoms with Gasteiger partial charge in [0.2, 0.25) is 0 Å². The van der Waals surface area contributed by atoms with Gasteiger partial charge in [-0.15, -0.1) is 0 Å². The van der Waals surface area contributed by atoms with Gasteiger partial charge in [-0.3, -0.25) is 4.79 Å². The molecule has 10 heavy (non-hydrogen) atoms. The van der Waals surface area contributed by atoms with E-state index in [1.807, 2.05) is 0 Å². The van der Waals surface area contributed by atoms with Crippen molar-refractivity contribution in [3.05, 3.63) is 12.2 Å². The first-order valence-corrected chi connectivity index (χ1v) is 3.98. The molecule has 0 amide bonds. The topological polar surface area (TPSA) is 17.1 Å². The minimum absolute atomic E-state index is 0.333. The molecule has 0 saturated heterocycles. The molecule has 2 aliphatic carbocycles. The Morgan fingerprint density at radius 3 is 3.10 bits per heavy atom. The molecular weight excluding hydrogens is 124 g/mol. The predicted molar refractivity (Wildman–Crippen MR) is 39.5 cm³/mol. The monoisotopic (exact) mass is 136 g/mol. The van der Waals surface area contributed by atoms with Gasteiger partial charge in [0.25, 0.3) is 0 Å². The summed E-state index contributed by atoms with van der Waals surface area (Å²) in [4.78, 5) is 11.2. The second kappa shape index (κ2) is 1.94. The summed E-state index contributed by atoms with van der Waals surface area (Å²) < 4.78 is 0. The highest BCUT2D eigenvalue weighted by atomic mass is 16.1. The lowest BCUT2D eigenvalue weighted by Gasteiger charge is -2.10. The molecule has 0 radical (unpaired) electrons. The summed E-state index contributed by atoms with van der Waals surface area (Å²) in [5.41, 5.74) is 0. The van der Waals surface area contributed by atoms with E-state index in [0.29, 0.717) is 23.5 Å². The van der Waals surface area contributed by atoms with Crippen molar-refractivity contribution in [2.75, 3.05) is 0 Å². The Bertz CT molecular complexity index is 193. The Morgan fingerprint density at radius 2 is 2.40 bits per heavy atom. The highest BCUT2D eigenvalue weighted by Crippen LogP contribution is 2.41. The van der Waals surface area contributed by atoms with Crippen LogP contribution in [0.1, 0.15) is 19.8 Å². The average molecular weight is 136 g/mol. The Balaban J connectivity index is 2.22. The summed E-state index contributed by atoms with van der Waals surface area (Å²) in [7, 11) is 0. The minimum atomic E-state index is 0.333. The second-order valence-corrected chi connectivity index (χ2v) is 3.45. The molecule has 0 heterocycles. The molecule has 1 heteroatoms. The van der Waals surface area contributed by atoms with E-state index in [1.165, 1.54) is 0 Å². The maximum Gasteiger partial charge on any atom is 0.136 e. The SMILES string of the molecule is CC1C(=O)CC2C=CCC21. The van der Waals surface area contributed by atoms with Crippen LogP contribution in [0.5, 0.6) is 0 Å². The zero-order valence-corrected chi connectivity index (χ0v) is 6.21. The van der Waals surface area contributed by atoms with Crippen LogP contribution in [-0.4, -0.2) is 5.78 Å². The Morgan fingerprint density at radius 1 is 1.60 bits per heavy atom. The van der Waals surface area contributed by atoms with Crippen LogP contribution in [0.15, 0.2) is 12.2 Å². The third-order valence-corrected chi connectivity index (χ3v) is 2.93. The van der Waals surface area contributed by atoms with Crippen molar-refractivity contribution in [1.29, 1.82) is 0 Å². The van der Waals surface area contributed by atoms with Crippen molar-refractivity contribution in [3.63, 3.8) is 0 Å². The highest BCUT2D eigenvalue weighted by Gasteiger charge is 2.39. The van der Waals surface area contributed by atoms with Gasteiger partial charge in [-0.25, -0.2) is 0 Å². The van der Waals surface area contributed by atoms with Gasteiger partial charge in [-0.2, -0.15) is 0 Å². The van der Waals surface area contributed by atoms with E-state index in [9.17, 15) is 4.79 Å². The van der Waals surface area contributed by atoms with Gasteiger partial charge in [0.15, 0.2) is 0 Å². The number of ketones is 1. The number of fused-ring (bicyclic) bond motifs is 1. The molecule has 0 bridgehead atoms. The highest BCUT2D eigenvalue weighted by molar-refractivity contribution is 5.84. The fourth-order valence-corrected chi connectivity index (χ4v) is 2.18. The Kier molecular flexibility index (Phi) is 1.19. The van der Waals surface area contributed by atoms with Crippen LogP contribution in [0.3, 0.4) is 0 Å². The van der Waals surface area contributed by atoms with E-state index in [-0.39, 0.29) is 0 Å². The van der Waals surface area contributed by atoms with Crippen LogP contribution in [0, 0.1) is 17.8 Å². The molecule has 0 aliphatic heterocycles. The quantitative estimate of drug-likeness (QED) is 0.464. The molecule has 0 aromatic carbocycles. The van der Waals surface area contributed by atoms with Crippen LogP contribution in [0.25, 0.3) is 0 Å². The van der Waals surface area contributed by atoms with Crippen LogP contribution >= 0.6 is 0 Å². The van der Waals surface area contributed by atoms with Crippen LogP contribution < -0.4 is 0 Å². The van der Waals surface area contributed by atoms with Gasteiger partial charge in [0.05, 0.1) is 0 Å². The normalized spacial score (nSPS) is 44.5. The summed E-state index contributed by atoms with van der Waals surface area (Å²) in [5.74, 6) is 2.06. The molecule has 0 aromatic heterocycles. The van der Waals surface area contributed by atoms with E-state index in [0.717, 1.165) is 12.8 Å². The number of hydrogen-bond donors (Lipinski definition) is 0. The van der Waals surface area contributed by atoms with E-state index >= 15 is 0 Å². The van der Waals surface area contributed by atoms with Gasteiger partial charge < -0.3 is 0 Å². The van der Waals surface area contributed by atoms with E-state index in [2.05, 4.69) is 19.1 Å². The lowest BCUT2D eigenvalue weighted by molar-refractivity contribution is -0.120. The maximum atomic E-state index is 11.2. The van der Waals surface area contributed by atoms with Crippen molar-refractivity contribution in [1.82, 2.24) is 0 Å². The van der Waals surface area contributed by atoms with Crippen LogP contribution in [0.4, 0.5) is 0 Å². The summed E-state index contributed by atoms with van der Waals surface area (Å²) in [5, 5.41) is 0. The molecule has 3 atom stereocenters. The number of Topliss-reactive ketones (excluding diaryl/α,β-unsaturated/α-hetero) is 1. The maximum absolute atomic E-state index is 11.2. The number of carbonyl (C=O) groups excluding carboxylic acids is 1. The minimum Gasteiger partial charge on any atom is -0.299 e. The second-order valence-electron chi connectivity index (χ2n) is 3.45. The predicted octanol–water partition coefficient (Wildman–Crippen LogP) is 1.79. The fraction of sp³-hybridized carbons (Fsp3) is 0.667. The van der Waals surface area contributed by atoms with Crippen molar-refractivity contribution in [3.8, 4) is 0 Å². The van der Waals surface area contributed by atoms with E-state index in [1.54, 1.807) is 0 Å². The van der Waals surface area contributed by atoms with Crippen molar-refractivity contribution in [2.24, 2.45) is 17.8 Å². The van der Waals surface area contributed by atoms with E-state index in [4.69, 9.17) is 0 Å². The fourth-order valence-electron chi connectivity index (χ4n) is 2.18. The lowest BCUT2D eigenvalue weighted by atomic mass is 9.93. The third-order valence-electron chi connectivity index (χ3n) is 2.93. The number of allylic oxidation sites excluding steroid dienone is 2. The molecule has 1 nitrogen and oxygen atoms in total. The molecule has 1 saturated carbocycles. The molecule has 2 aliphatic rings. The largest absolute Gasteiger partial charge is 0.299 e. The van der Waals surface area contributed by atoms with Gasteiger partial charge in [0.1, 0.15) is 5.78 Å². The summed E-state index contributed by atoms with van der Waals surface area (Å²) in [6, 6.07) is 0. The number of rotatable bonds is 0. The summed E-state index contributed by atoms with van der Waals surface area (Å²) >= 11 is 0. The number of carbonyl (C=O) groups is 1. The Labute approximate surface area is 61.1 Å².